The number of ether oxygens (including phenoxy) is 2. The Kier molecular flexibility index (Phi) is 7.41. The second-order valence-corrected chi connectivity index (χ2v) is 4.95. The van der Waals surface area contributed by atoms with Crippen molar-refractivity contribution in [3.05, 3.63) is 29.8 Å². The molecule has 1 rings (SSSR count). The Morgan fingerprint density at radius 2 is 1.95 bits per heavy atom. The zero-order chi connectivity index (χ0) is 14.1. The first-order chi connectivity index (χ1) is 9.17. The van der Waals surface area contributed by atoms with E-state index in [0.29, 0.717) is 24.7 Å². The predicted molar refractivity (Wildman–Crippen MR) is 80.1 cm³/mol. The van der Waals surface area contributed by atoms with E-state index in [1.165, 1.54) is 0 Å². The van der Waals surface area contributed by atoms with Crippen LogP contribution < -0.4 is 4.74 Å². The molecular weight excluding hydrogens is 260 g/mol. The lowest BCUT2D eigenvalue weighted by molar-refractivity contribution is 0.0526. The van der Waals surface area contributed by atoms with Crippen molar-refractivity contribution in [1.82, 2.24) is 0 Å². The maximum atomic E-state index is 11.5. The molecule has 3 nitrogen and oxygen atoms in total. The summed E-state index contributed by atoms with van der Waals surface area (Å²) in [4.78, 5) is 11.5. The van der Waals surface area contributed by atoms with Crippen LogP contribution in [0.1, 0.15) is 37.0 Å². The second-order valence-electron chi connectivity index (χ2n) is 4.50. The van der Waals surface area contributed by atoms with Gasteiger partial charge in [-0.3, -0.25) is 0 Å². The van der Waals surface area contributed by atoms with Crippen molar-refractivity contribution >= 4 is 18.6 Å². The summed E-state index contributed by atoms with van der Waals surface area (Å²) in [5.41, 5.74) is 0.553. The maximum absolute atomic E-state index is 11.5. The molecule has 4 heteroatoms. The van der Waals surface area contributed by atoms with Crippen LogP contribution in [-0.2, 0) is 4.74 Å². The Labute approximate surface area is 120 Å². The molecule has 0 N–H and O–H groups in total. The summed E-state index contributed by atoms with van der Waals surface area (Å²) in [5.74, 6) is 2.02. The van der Waals surface area contributed by atoms with Crippen LogP contribution in [-0.4, -0.2) is 24.9 Å². The molecule has 0 spiro atoms. The predicted octanol–water partition coefficient (Wildman–Crippen LogP) is 3.59. The summed E-state index contributed by atoms with van der Waals surface area (Å²) in [7, 11) is 0. The zero-order valence-corrected chi connectivity index (χ0v) is 12.5. The molecule has 0 aliphatic heterocycles. The van der Waals surface area contributed by atoms with Crippen molar-refractivity contribution in [1.29, 1.82) is 0 Å². The van der Waals surface area contributed by atoms with Crippen LogP contribution in [0, 0.1) is 5.92 Å². The van der Waals surface area contributed by atoms with E-state index in [2.05, 4.69) is 19.6 Å². The average Bonchev–Trinajstić information content (AvgIpc) is 2.40. The highest BCUT2D eigenvalue weighted by molar-refractivity contribution is 7.80. The fourth-order valence-electron chi connectivity index (χ4n) is 1.64. The molecule has 0 saturated heterocycles. The molecule has 0 heterocycles. The number of carbonyl (C=O) groups is 1. The fourth-order valence-corrected chi connectivity index (χ4v) is 2.09. The van der Waals surface area contributed by atoms with E-state index in [1.54, 1.807) is 31.2 Å². The molecule has 1 atom stereocenters. The summed E-state index contributed by atoms with van der Waals surface area (Å²) in [5, 5.41) is 0. The Bertz CT molecular complexity index is 375. The molecule has 1 aromatic carbocycles. The summed E-state index contributed by atoms with van der Waals surface area (Å²) < 4.78 is 10.6. The van der Waals surface area contributed by atoms with Gasteiger partial charge < -0.3 is 9.47 Å². The highest BCUT2D eigenvalue weighted by Crippen LogP contribution is 2.15. The van der Waals surface area contributed by atoms with Crippen LogP contribution in [0.2, 0.25) is 0 Å². The van der Waals surface area contributed by atoms with Gasteiger partial charge in [-0.1, -0.05) is 6.92 Å². The minimum atomic E-state index is -0.295. The zero-order valence-electron chi connectivity index (χ0n) is 11.6. The lowest BCUT2D eigenvalue weighted by Crippen LogP contribution is -2.06. The van der Waals surface area contributed by atoms with Gasteiger partial charge >= 0.3 is 5.97 Å². The number of hydrogen-bond donors (Lipinski definition) is 1. The summed E-state index contributed by atoms with van der Waals surface area (Å²) in [6.45, 7) is 5.07. The van der Waals surface area contributed by atoms with Gasteiger partial charge in [0.1, 0.15) is 5.75 Å². The molecule has 19 heavy (non-hydrogen) atoms. The summed E-state index contributed by atoms with van der Waals surface area (Å²) in [6.07, 6.45) is 2.12. The smallest absolute Gasteiger partial charge is 0.338 e. The van der Waals surface area contributed by atoms with Gasteiger partial charge in [-0.15, -0.1) is 0 Å². The van der Waals surface area contributed by atoms with Crippen molar-refractivity contribution in [3.63, 3.8) is 0 Å². The van der Waals surface area contributed by atoms with Gasteiger partial charge in [-0.2, -0.15) is 12.6 Å². The highest BCUT2D eigenvalue weighted by Gasteiger charge is 2.06. The molecular formula is C15H22O3S. The van der Waals surface area contributed by atoms with Gasteiger partial charge in [0.2, 0.25) is 0 Å². The van der Waals surface area contributed by atoms with Crippen molar-refractivity contribution < 1.29 is 14.3 Å². The monoisotopic (exact) mass is 282 g/mol. The second kappa shape index (κ2) is 8.86. The maximum Gasteiger partial charge on any atom is 0.338 e. The molecule has 0 saturated carbocycles. The van der Waals surface area contributed by atoms with E-state index in [9.17, 15) is 4.79 Å². The van der Waals surface area contributed by atoms with Crippen molar-refractivity contribution in [2.75, 3.05) is 19.0 Å². The van der Waals surface area contributed by atoms with Gasteiger partial charge in [-0.25, -0.2) is 4.79 Å². The van der Waals surface area contributed by atoms with Crippen LogP contribution in [0.15, 0.2) is 24.3 Å². The lowest BCUT2D eigenvalue weighted by atomic mass is 10.1. The third-order valence-electron chi connectivity index (χ3n) is 2.87. The van der Waals surface area contributed by atoms with E-state index in [1.807, 2.05) is 0 Å². The molecule has 1 aromatic rings. The minimum absolute atomic E-state index is 0.295. The first-order valence-electron chi connectivity index (χ1n) is 6.68. The van der Waals surface area contributed by atoms with Gasteiger partial charge in [0, 0.05) is 0 Å². The first kappa shape index (κ1) is 15.9. The van der Waals surface area contributed by atoms with E-state index in [0.717, 1.165) is 24.3 Å². The van der Waals surface area contributed by atoms with E-state index in [-0.39, 0.29) is 5.97 Å². The Morgan fingerprint density at radius 1 is 1.26 bits per heavy atom. The summed E-state index contributed by atoms with van der Waals surface area (Å²) >= 11 is 4.21. The van der Waals surface area contributed by atoms with E-state index in [4.69, 9.17) is 9.47 Å². The fraction of sp³-hybridized carbons (Fsp3) is 0.533. The molecule has 0 aromatic heterocycles. The number of carbonyl (C=O) groups excluding carboxylic acids is 1. The van der Waals surface area contributed by atoms with Crippen molar-refractivity contribution in [2.24, 2.45) is 5.92 Å². The van der Waals surface area contributed by atoms with Gasteiger partial charge in [-0.05, 0) is 55.7 Å². The van der Waals surface area contributed by atoms with Crippen molar-refractivity contribution in [2.45, 2.75) is 26.7 Å². The van der Waals surface area contributed by atoms with Crippen LogP contribution in [0.4, 0.5) is 0 Å². The molecule has 0 bridgehead atoms. The van der Waals surface area contributed by atoms with Crippen LogP contribution in [0.5, 0.6) is 5.75 Å². The third-order valence-corrected chi connectivity index (χ3v) is 3.12. The van der Waals surface area contributed by atoms with Crippen LogP contribution in [0.25, 0.3) is 0 Å². The quantitative estimate of drug-likeness (QED) is 0.584. The number of thiol groups is 1. The Balaban J connectivity index is 2.38. The number of benzene rings is 1. The van der Waals surface area contributed by atoms with Gasteiger partial charge in [0.15, 0.2) is 0 Å². The molecule has 0 radical (unpaired) electrons. The summed E-state index contributed by atoms with van der Waals surface area (Å²) in [6, 6.07) is 7.06. The number of rotatable bonds is 8. The Morgan fingerprint density at radius 3 is 2.53 bits per heavy atom. The standard InChI is InChI=1S/C15H22O3S/c1-3-17-15(16)13-4-6-14(7-5-13)18-10-8-12(2)9-11-19/h4-7,12,19H,3,8-11H2,1-2H3. The molecule has 0 fully saturated rings. The molecule has 0 amide bonds. The Hall–Kier alpha value is -1.16. The van der Waals surface area contributed by atoms with E-state index < -0.39 is 0 Å². The lowest BCUT2D eigenvalue weighted by Gasteiger charge is -2.11. The topological polar surface area (TPSA) is 35.5 Å². The normalized spacial score (nSPS) is 11.9. The van der Waals surface area contributed by atoms with Crippen molar-refractivity contribution in [3.8, 4) is 5.75 Å². The van der Waals surface area contributed by atoms with E-state index >= 15 is 0 Å². The average molecular weight is 282 g/mol. The van der Waals surface area contributed by atoms with Gasteiger partial charge in [0.25, 0.3) is 0 Å². The first-order valence-corrected chi connectivity index (χ1v) is 7.31. The minimum Gasteiger partial charge on any atom is -0.494 e. The molecule has 0 aliphatic rings. The largest absolute Gasteiger partial charge is 0.494 e. The molecule has 106 valence electrons. The third kappa shape index (κ3) is 6.01. The molecule has 0 aliphatic carbocycles. The number of hydrogen-bond acceptors (Lipinski definition) is 4. The van der Waals surface area contributed by atoms with Gasteiger partial charge in [0.05, 0.1) is 18.8 Å². The highest BCUT2D eigenvalue weighted by atomic mass is 32.1. The molecule has 1 unspecified atom stereocenters. The van der Waals surface area contributed by atoms with Crippen LogP contribution in [0.3, 0.4) is 0 Å². The SMILES string of the molecule is CCOC(=O)c1ccc(OCCC(C)CCS)cc1. The van der Waals surface area contributed by atoms with Crippen LogP contribution >= 0.6 is 12.6 Å². The number of esters is 1.